The minimum Gasteiger partial charge on any atom is -0.474 e. The van der Waals surface area contributed by atoms with Crippen LogP contribution in [-0.2, 0) is 12.6 Å². The Kier molecular flexibility index (Phi) is 5.84. The number of hydrogen-bond acceptors (Lipinski definition) is 7. The number of fused-ring (bicyclic) bond motifs is 1. The number of nitrogens with two attached hydrogens (primary N) is 1. The molecule has 3 aromatic heterocycles. The lowest BCUT2D eigenvalue weighted by Crippen LogP contribution is -2.34. The third-order valence-corrected chi connectivity index (χ3v) is 8.10. The number of amides is 1. The van der Waals surface area contributed by atoms with Gasteiger partial charge in [-0.05, 0) is 62.7 Å². The average Bonchev–Trinajstić information content (AvgIpc) is 3.31. The molecule has 8 nitrogen and oxygen atoms in total. The molecule has 4 aromatic rings. The Hall–Kier alpha value is -3.63. The number of ether oxygens (including phenoxy) is 1. The molecule has 1 aliphatic carbocycles. The number of pyridine rings is 1. The standard InChI is InChI=1S/C28H29FN6O2S/c1-15-31-23(14-38-15)22-11-24(34(4)33-22)27(36)35-12-19-20(13-35)26(19)37-25-10-17(28(2,3)30)9-21(32-25)16-5-7-18(29)8-6-16/h5-11,14,19-20,26H,12-13,30H2,1-4H3/t19-,20+,26-. The Morgan fingerprint density at radius 1 is 1.08 bits per heavy atom. The van der Waals surface area contributed by atoms with Gasteiger partial charge in [-0.2, -0.15) is 5.10 Å². The normalized spacial score (nSPS) is 20.5. The summed E-state index contributed by atoms with van der Waals surface area (Å²) in [7, 11) is 1.79. The number of carbonyl (C=O) groups is 1. The lowest BCUT2D eigenvalue weighted by molar-refractivity contribution is 0.0740. The van der Waals surface area contributed by atoms with Crippen LogP contribution in [0.2, 0.25) is 0 Å². The van der Waals surface area contributed by atoms with Crippen molar-refractivity contribution in [1.82, 2.24) is 24.6 Å². The number of hydrogen-bond donors (Lipinski definition) is 1. The van der Waals surface area contributed by atoms with Crippen LogP contribution in [-0.4, -0.2) is 49.7 Å². The van der Waals surface area contributed by atoms with Gasteiger partial charge in [0.05, 0.1) is 10.7 Å². The van der Waals surface area contributed by atoms with Crippen molar-refractivity contribution < 1.29 is 13.9 Å². The van der Waals surface area contributed by atoms with Gasteiger partial charge in [0.1, 0.15) is 29.0 Å². The summed E-state index contributed by atoms with van der Waals surface area (Å²) in [6.45, 7) is 7.05. The van der Waals surface area contributed by atoms with E-state index in [2.05, 4.69) is 10.1 Å². The van der Waals surface area contributed by atoms with Crippen molar-refractivity contribution in [1.29, 1.82) is 0 Å². The van der Waals surface area contributed by atoms with Gasteiger partial charge in [-0.25, -0.2) is 14.4 Å². The second-order valence-electron chi connectivity index (χ2n) is 10.7. The quantitative estimate of drug-likeness (QED) is 0.395. The predicted octanol–water partition coefficient (Wildman–Crippen LogP) is 4.40. The molecule has 3 atom stereocenters. The van der Waals surface area contributed by atoms with Crippen molar-refractivity contribution in [3.05, 3.63) is 69.9 Å². The molecule has 6 rings (SSSR count). The molecule has 196 valence electrons. The Bertz CT molecular complexity index is 1510. The second-order valence-corrected chi connectivity index (χ2v) is 11.8. The largest absolute Gasteiger partial charge is 0.474 e. The summed E-state index contributed by atoms with van der Waals surface area (Å²) in [5, 5.41) is 7.42. The number of nitrogens with zero attached hydrogens (tertiary/aromatic N) is 5. The van der Waals surface area contributed by atoms with Gasteiger partial charge in [0.15, 0.2) is 0 Å². The van der Waals surface area contributed by atoms with Crippen LogP contribution in [0.15, 0.2) is 47.8 Å². The van der Waals surface area contributed by atoms with E-state index >= 15 is 0 Å². The summed E-state index contributed by atoms with van der Waals surface area (Å²) in [5.74, 6) is 0.656. The molecule has 2 aliphatic rings. The van der Waals surface area contributed by atoms with Gasteiger partial charge in [0.2, 0.25) is 5.88 Å². The summed E-state index contributed by atoms with van der Waals surface area (Å²) < 4.78 is 21.4. The molecular formula is C28H29FN6O2S. The highest BCUT2D eigenvalue weighted by molar-refractivity contribution is 7.09. The van der Waals surface area contributed by atoms with Crippen molar-refractivity contribution in [2.24, 2.45) is 24.6 Å². The summed E-state index contributed by atoms with van der Waals surface area (Å²) in [6.07, 6.45) is -0.0103. The third kappa shape index (κ3) is 4.58. The van der Waals surface area contributed by atoms with Gasteiger partial charge < -0.3 is 15.4 Å². The molecule has 4 heterocycles. The smallest absolute Gasteiger partial charge is 0.272 e. The fraction of sp³-hybridized carbons (Fsp3) is 0.357. The number of likely N-dealkylation sites (tertiary alicyclic amines) is 1. The number of thiazole rings is 1. The lowest BCUT2D eigenvalue weighted by Gasteiger charge is -2.22. The first kappa shape index (κ1) is 24.7. The molecule has 2 fully saturated rings. The summed E-state index contributed by atoms with van der Waals surface area (Å²) in [4.78, 5) is 24.3. The van der Waals surface area contributed by atoms with E-state index < -0.39 is 5.54 Å². The van der Waals surface area contributed by atoms with Crippen LogP contribution in [0.4, 0.5) is 4.39 Å². The number of aromatic nitrogens is 4. The SMILES string of the molecule is Cc1nc(-c2cc(C(=O)N3C[C@@H]4[C@H](C3)[C@@H]4Oc3cc(C(C)(C)N)cc(-c4ccc(F)cc4)n3)n(C)n2)cs1. The molecule has 2 N–H and O–H groups in total. The Balaban J connectivity index is 1.16. The number of aryl methyl sites for hydroxylation is 2. The van der Waals surface area contributed by atoms with Crippen LogP contribution in [0.1, 0.15) is 34.9 Å². The Labute approximate surface area is 224 Å². The Morgan fingerprint density at radius 3 is 2.42 bits per heavy atom. The molecule has 1 aromatic carbocycles. The molecule has 1 saturated heterocycles. The molecule has 1 amide bonds. The number of benzene rings is 1. The number of carbonyl (C=O) groups excluding carboxylic acids is 1. The average molecular weight is 533 g/mol. The summed E-state index contributed by atoms with van der Waals surface area (Å²) in [6, 6.07) is 11.8. The van der Waals surface area contributed by atoms with Gasteiger partial charge in [-0.3, -0.25) is 9.48 Å². The third-order valence-electron chi connectivity index (χ3n) is 7.33. The molecule has 0 unspecified atom stereocenters. The Morgan fingerprint density at radius 2 is 1.79 bits per heavy atom. The zero-order chi connectivity index (χ0) is 26.8. The van der Waals surface area contributed by atoms with Crippen molar-refractivity contribution >= 4 is 17.2 Å². The van der Waals surface area contributed by atoms with E-state index in [0.717, 1.165) is 21.8 Å². The van der Waals surface area contributed by atoms with Crippen LogP contribution in [0.5, 0.6) is 5.88 Å². The van der Waals surface area contributed by atoms with E-state index in [1.807, 2.05) is 49.3 Å². The minimum atomic E-state index is -0.600. The van der Waals surface area contributed by atoms with E-state index in [0.29, 0.717) is 36.1 Å². The van der Waals surface area contributed by atoms with E-state index in [1.165, 1.54) is 12.1 Å². The van der Waals surface area contributed by atoms with Crippen molar-refractivity contribution in [2.45, 2.75) is 32.4 Å². The van der Waals surface area contributed by atoms with E-state index in [1.54, 1.807) is 35.2 Å². The number of halogens is 1. The minimum absolute atomic E-state index is 0.0103. The van der Waals surface area contributed by atoms with Gasteiger partial charge >= 0.3 is 0 Å². The molecule has 10 heteroatoms. The fourth-order valence-corrected chi connectivity index (χ4v) is 5.70. The van der Waals surface area contributed by atoms with E-state index in [4.69, 9.17) is 15.5 Å². The van der Waals surface area contributed by atoms with Crippen LogP contribution < -0.4 is 10.5 Å². The molecule has 0 spiro atoms. The first-order valence-electron chi connectivity index (χ1n) is 12.6. The van der Waals surface area contributed by atoms with Gasteiger partial charge in [0, 0.05) is 54.5 Å². The summed E-state index contributed by atoms with van der Waals surface area (Å²) in [5.41, 5.74) is 10.2. The summed E-state index contributed by atoms with van der Waals surface area (Å²) >= 11 is 1.56. The number of piperidine rings is 1. The van der Waals surface area contributed by atoms with E-state index in [9.17, 15) is 9.18 Å². The zero-order valence-corrected chi connectivity index (χ0v) is 22.5. The molecule has 38 heavy (non-hydrogen) atoms. The van der Waals surface area contributed by atoms with Crippen molar-refractivity contribution in [3.8, 4) is 28.5 Å². The van der Waals surface area contributed by atoms with Crippen LogP contribution >= 0.6 is 11.3 Å². The number of rotatable bonds is 6. The fourth-order valence-electron chi connectivity index (χ4n) is 5.09. The molecular weight excluding hydrogens is 503 g/mol. The maximum Gasteiger partial charge on any atom is 0.272 e. The van der Waals surface area contributed by atoms with Crippen molar-refractivity contribution in [3.63, 3.8) is 0 Å². The van der Waals surface area contributed by atoms with Crippen LogP contribution in [0.25, 0.3) is 22.6 Å². The second kappa shape index (κ2) is 8.99. The van der Waals surface area contributed by atoms with Crippen molar-refractivity contribution in [2.75, 3.05) is 13.1 Å². The highest BCUT2D eigenvalue weighted by atomic mass is 32.1. The first-order valence-corrected chi connectivity index (χ1v) is 13.4. The van der Waals surface area contributed by atoms with Gasteiger partial charge in [0.25, 0.3) is 5.91 Å². The molecule has 0 radical (unpaired) electrons. The monoisotopic (exact) mass is 532 g/mol. The first-order chi connectivity index (χ1) is 18.1. The zero-order valence-electron chi connectivity index (χ0n) is 21.7. The lowest BCUT2D eigenvalue weighted by atomic mass is 9.95. The van der Waals surface area contributed by atoms with Gasteiger partial charge in [-0.1, -0.05) is 0 Å². The highest BCUT2D eigenvalue weighted by Crippen LogP contribution is 2.48. The highest BCUT2D eigenvalue weighted by Gasteiger charge is 2.59. The predicted molar refractivity (Wildman–Crippen MR) is 143 cm³/mol. The topological polar surface area (TPSA) is 99.2 Å². The van der Waals surface area contributed by atoms with E-state index in [-0.39, 0.29) is 29.7 Å². The molecule has 0 bridgehead atoms. The van der Waals surface area contributed by atoms with Crippen LogP contribution in [0.3, 0.4) is 0 Å². The maximum absolute atomic E-state index is 13.5. The molecule has 1 aliphatic heterocycles. The maximum atomic E-state index is 13.5. The molecule has 1 saturated carbocycles. The van der Waals surface area contributed by atoms with Gasteiger partial charge in [-0.15, -0.1) is 11.3 Å². The van der Waals surface area contributed by atoms with Crippen LogP contribution in [0, 0.1) is 24.6 Å².